The molecule has 21 heavy (non-hydrogen) atoms. The molecule has 2 bridgehead atoms. The number of esters is 1. The van der Waals surface area contributed by atoms with E-state index in [9.17, 15) is 4.79 Å². The van der Waals surface area contributed by atoms with Crippen LogP contribution < -0.4 is 0 Å². The molecule has 2 atom stereocenters. The van der Waals surface area contributed by atoms with Gasteiger partial charge in [0.25, 0.3) is 0 Å². The molecule has 3 rings (SSSR count). The summed E-state index contributed by atoms with van der Waals surface area (Å²) in [7, 11) is 0. The van der Waals surface area contributed by atoms with Crippen LogP contribution in [0, 0.1) is 5.41 Å². The lowest BCUT2D eigenvalue weighted by Crippen LogP contribution is -2.32. The van der Waals surface area contributed by atoms with Crippen LogP contribution in [0.25, 0.3) is 0 Å². The summed E-state index contributed by atoms with van der Waals surface area (Å²) >= 11 is 1.30. The van der Waals surface area contributed by atoms with Gasteiger partial charge in [0.1, 0.15) is 0 Å². The second-order valence-electron chi connectivity index (χ2n) is 6.57. The molecule has 6 heteroatoms. The molecule has 1 saturated carbocycles. The fourth-order valence-electron chi connectivity index (χ4n) is 3.75. The predicted octanol–water partition coefficient (Wildman–Crippen LogP) is 2.70. The zero-order valence-electron chi connectivity index (χ0n) is 13.0. The van der Waals surface area contributed by atoms with Gasteiger partial charge < -0.3 is 4.74 Å². The maximum atomic E-state index is 11.4. The highest BCUT2D eigenvalue weighted by atomic mass is 32.2. The zero-order chi connectivity index (χ0) is 15.3. The van der Waals surface area contributed by atoms with Gasteiger partial charge in [0.2, 0.25) is 5.16 Å². The Labute approximate surface area is 129 Å². The van der Waals surface area contributed by atoms with Gasteiger partial charge in [-0.3, -0.25) is 4.79 Å². The SMILES string of the molecule is CCOC(=O)CSc1nnc2c(n1)[C@@]1(C)CC[C@H]2C1(C)C. The maximum Gasteiger partial charge on any atom is 0.316 e. The molecule has 0 spiro atoms. The number of hydrogen-bond donors (Lipinski definition) is 0. The summed E-state index contributed by atoms with van der Waals surface area (Å²) in [5.41, 5.74) is 2.41. The van der Waals surface area contributed by atoms with E-state index < -0.39 is 0 Å². The largest absolute Gasteiger partial charge is 0.465 e. The molecule has 0 saturated heterocycles. The van der Waals surface area contributed by atoms with Crippen molar-refractivity contribution in [3.63, 3.8) is 0 Å². The Balaban J connectivity index is 1.83. The van der Waals surface area contributed by atoms with Crippen molar-refractivity contribution in [2.75, 3.05) is 12.4 Å². The number of carbonyl (C=O) groups is 1. The Hall–Kier alpha value is -1.17. The van der Waals surface area contributed by atoms with Crippen LogP contribution in [0.2, 0.25) is 0 Å². The normalized spacial score (nSPS) is 28.5. The predicted molar refractivity (Wildman–Crippen MR) is 80.3 cm³/mol. The average molecular weight is 307 g/mol. The third-order valence-corrected chi connectivity index (χ3v) is 6.21. The van der Waals surface area contributed by atoms with Gasteiger partial charge in [-0.15, -0.1) is 5.10 Å². The molecule has 1 aromatic rings. The Morgan fingerprint density at radius 3 is 2.86 bits per heavy atom. The van der Waals surface area contributed by atoms with Gasteiger partial charge >= 0.3 is 5.97 Å². The van der Waals surface area contributed by atoms with Gasteiger partial charge in [-0.05, 0) is 25.2 Å². The van der Waals surface area contributed by atoms with Crippen LogP contribution in [0.4, 0.5) is 0 Å². The number of carbonyl (C=O) groups excluding carboxylic acids is 1. The monoisotopic (exact) mass is 307 g/mol. The average Bonchev–Trinajstić information content (AvgIpc) is 2.77. The molecule has 1 aromatic heterocycles. The van der Waals surface area contributed by atoms with Crippen molar-refractivity contribution < 1.29 is 9.53 Å². The Morgan fingerprint density at radius 2 is 2.14 bits per heavy atom. The molecule has 0 amide bonds. The highest BCUT2D eigenvalue weighted by molar-refractivity contribution is 7.99. The van der Waals surface area contributed by atoms with Crippen LogP contribution in [0.15, 0.2) is 5.16 Å². The number of hydrogen-bond acceptors (Lipinski definition) is 6. The number of aromatic nitrogens is 3. The highest BCUT2D eigenvalue weighted by Crippen LogP contribution is 2.66. The van der Waals surface area contributed by atoms with Gasteiger partial charge in [-0.2, -0.15) is 5.10 Å². The summed E-state index contributed by atoms with van der Waals surface area (Å²) in [5.74, 6) is 0.457. The smallest absolute Gasteiger partial charge is 0.316 e. The van der Waals surface area contributed by atoms with E-state index in [0.29, 0.717) is 17.7 Å². The third kappa shape index (κ3) is 2.06. The summed E-state index contributed by atoms with van der Waals surface area (Å²) in [4.78, 5) is 16.1. The molecule has 2 aliphatic carbocycles. The number of nitrogens with zero attached hydrogens (tertiary/aromatic N) is 3. The molecule has 5 nitrogen and oxygen atoms in total. The second kappa shape index (κ2) is 4.93. The lowest BCUT2D eigenvalue weighted by Gasteiger charge is -2.33. The van der Waals surface area contributed by atoms with Crippen LogP contribution in [-0.4, -0.2) is 33.5 Å². The summed E-state index contributed by atoms with van der Waals surface area (Å²) < 4.78 is 4.92. The van der Waals surface area contributed by atoms with Crippen molar-refractivity contribution >= 4 is 17.7 Å². The van der Waals surface area contributed by atoms with Crippen LogP contribution in [0.5, 0.6) is 0 Å². The summed E-state index contributed by atoms with van der Waals surface area (Å²) in [5, 5.41) is 9.19. The van der Waals surface area contributed by atoms with Gasteiger partial charge in [0, 0.05) is 11.3 Å². The molecular formula is C15H21N3O2S. The van der Waals surface area contributed by atoms with Crippen molar-refractivity contribution in [3.8, 4) is 0 Å². The molecule has 1 fully saturated rings. The second-order valence-corrected chi connectivity index (χ2v) is 7.51. The Morgan fingerprint density at radius 1 is 1.38 bits per heavy atom. The summed E-state index contributed by atoms with van der Waals surface area (Å²) in [6.07, 6.45) is 2.32. The Kier molecular flexibility index (Phi) is 3.47. The van der Waals surface area contributed by atoms with Crippen molar-refractivity contribution in [3.05, 3.63) is 11.4 Å². The van der Waals surface area contributed by atoms with Crippen LogP contribution in [0.1, 0.15) is 57.8 Å². The first-order chi connectivity index (χ1) is 9.90. The molecule has 1 heterocycles. The van der Waals surface area contributed by atoms with Crippen LogP contribution >= 0.6 is 11.8 Å². The molecule has 114 valence electrons. The van der Waals surface area contributed by atoms with E-state index in [2.05, 4.69) is 31.0 Å². The van der Waals surface area contributed by atoms with E-state index in [1.807, 2.05) is 0 Å². The number of thioether (sulfide) groups is 1. The standard InChI is InChI=1S/C15H21N3O2S/c1-5-20-10(19)8-21-13-16-12-11(17-18-13)9-6-7-15(12,4)14(9,2)3/h9H,5-8H2,1-4H3/t9-,15-/m1/s1. The van der Waals surface area contributed by atoms with E-state index in [0.717, 1.165) is 17.8 Å². The third-order valence-electron chi connectivity index (χ3n) is 5.40. The highest BCUT2D eigenvalue weighted by Gasteiger charge is 2.61. The van der Waals surface area contributed by atoms with Gasteiger partial charge in [-0.25, -0.2) is 4.98 Å². The van der Waals surface area contributed by atoms with E-state index in [1.54, 1.807) is 6.92 Å². The van der Waals surface area contributed by atoms with Crippen molar-refractivity contribution in [2.45, 2.75) is 57.0 Å². The molecule has 0 aliphatic heterocycles. The van der Waals surface area contributed by atoms with Crippen molar-refractivity contribution in [2.24, 2.45) is 5.41 Å². The molecular weight excluding hydrogens is 286 g/mol. The molecule has 2 aliphatic rings. The lowest BCUT2D eigenvalue weighted by molar-refractivity contribution is -0.139. The summed E-state index contributed by atoms with van der Waals surface area (Å²) in [6.45, 7) is 9.10. The minimum absolute atomic E-state index is 0.0716. The Bertz CT molecular complexity index is 590. The number of ether oxygens (including phenoxy) is 1. The first kappa shape index (κ1) is 14.8. The molecule has 0 unspecified atom stereocenters. The lowest BCUT2D eigenvalue weighted by atomic mass is 9.70. The van der Waals surface area contributed by atoms with E-state index >= 15 is 0 Å². The molecule has 0 aromatic carbocycles. The number of fused-ring (bicyclic) bond motifs is 5. The van der Waals surface area contributed by atoms with Crippen molar-refractivity contribution in [1.29, 1.82) is 0 Å². The minimum atomic E-state index is -0.236. The summed E-state index contributed by atoms with van der Waals surface area (Å²) in [6, 6.07) is 0. The van der Waals surface area contributed by atoms with Crippen molar-refractivity contribution in [1.82, 2.24) is 15.2 Å². The quantitative estimate of drug-likeness (QED) is 0.629. The topological polar surface area (TPSA) is 65.0 Å². The van der Waals surface area contributed by atoms with Crippen LogP contribution in [-0.2, 0) is 14.9 Å². The van der Waals surface area contributed by atoms with Gasteiger partial charge in [-0.1, -0.05) is 32.5 Å². The van der Waals surface area contributed by atoms with E-state index in [4.69, 9.17) is 9.72 Å². The molecule has 0 N–H and O–H groups in total. The van der Waals surface area contributed by atoms with Crippen LogP contribution in [0.3, 0.4) is 0 Å². The zero-order valence-corrected chi connectivity index (χ0v) is 13.8. The van der Waals surface area contributed by atoms with Gasteiger partial charge in [0.15, 0.2) is 0 Å². The first-order valence-corrected chi connectivity index (χ1v) is 8.42. The van der Waals surface area contributed by atoms with Gasteiger partial charge in [0.05, 0.1) is 23.7 Å². The number of rotatable bonds is 4. The fourth-order valence-corrected chi connectivity index (χ4v) is 4.33. The first-order valence-electron chi connectivity index (χ1n) is 7.43. The molecule has 0 radical (unpaired) electrons. The minimum Gasteiger partial charge on any atom is -0.465 e. The van der Waals surface area contributed by atoms with E-state index in [-0.39, 0.29) is 22.6 Å². The maximum absolute atomic E-state index is 11.4. The van der Waals surface area contributed by atoms with E-state index in [1.165, 1.54) is 18.2 Å². The fraction of sp³-hybridized carbons (Fsp3) is 0.733.